The third-order valence-corrected chi connectivity index (χ3v) is 9.20. The Morgan fingerprint density at radius 2 is 1.91 bits per heavy atom. The fourth-order valence-electron chi connectivity index (χ4n) is 1.84. The lowest BCUT2D eigenvalue weighted by Gasteiger charge is -2.36. The topological polar surface area (TPSA) is 44.2 Å². The predicted octanol–water partition coefficient (Wildman–Crippen LogP) is 5.40. The van der Waals surface area contributed by atoms with Gasteiger partial charge in [-0.25, -0.2) is 9.97 Å². The maximum atomic E-state index is 6.18. The highest BCUT2D eigenvalue weighted by molar-refractivity contribution is 6.74. The summed E-state index contributed by atoms with van der Waals surface area (Å²) >= 11 is 6.00. The Labute approximate surface area is 147 Å². The zero-order chi connectivity index (χ0) is 17.7. The van der Waals surface area contributed by atoms with E-state index in [0.717, 1.165) is 31.6 Å². The molecule has 1 atom stereocenters. The number of aromatic nitrogens is 2. The van der Waals surface area contributed by atoms with E-state index in [-0.39, 0.29) is 11.1 Å². The Kier molecular flexibility index (Phi) is 7.49. The standard InChI is InChI=1S/C17H31ClN2O2Si/c1-13-12-19-15(18)16(20-13)22-14(2)10-8-9-11-21-23(6,7)17(3,4)5/h12,14H,8-11H2,1-7H3. The highest BCUT2D eigenvalue weighted by Gasteiger charge is 2.36. The van der Waals surface area contributed by atoms with Crippen LogP contribution in [0.15, 0.2) is 6.20 Å². The molecule has 0 amide bonds. The molecule has 1 rings (SSSR count). The molecule has 23 heavy (non-hydrogen) atoms. The molecule has 0 aromatic carbocycles. The maximum absolute atomic E-state index is 6.18. The minimum atomic E-state index is -1.62. The minimum absolute atomic E-state index is 0.0662. The molecule has 0 radical (unpaired) electrons. The van der Waals surface area contributed by atoms with Gasteiger partial charge in [-0.3, -0.25) is 0 Å². The first-order chi connectivity index (χ1) is 10.5. The molecule has 1 aromatic rings. The highest BCUT2D eigenvalue weighted by Crippen LogP contribution is 2.36. The summed E-state index contributed by atoms with van der Waals surface area (Å²) < 4.78 is 12.0. The largest absolute Gasteiger partial charge is 0.472 e. The van der Waals surface area contributed by atoms with Gasteiger partial charge in [0.25, 0.3) is 5.88 Å². The van der Waals surface area contributed by atoms with E-state index < -0.39 is 8.32 Å². The molecule has 0 N–H and O–H groups in total. The summed E-state index contributed by atoms with van der Waals surface area (Å²) in [7, 11) is -1.62. The smallest absolute Gasteiger partial charge is 0.252 e. The predicted molar refractivity (Wildman–Crippen MR) is 98.9 cm³/mol. The Hall–Kier alpha value is -0.653. The van der Waals surface area contributed by atoms with Crippen LogP contribution in [0.5, 0.6) is 5.88 Å². The molecule has 0 aliphatic heterocycles. The molecular formula is C17H31ClN2O2Si. The second kappa shape index (κ2) is 8.45. The SMILES string of the molecule is Cc1cnc(Cl)c(OC(C)CCCCO[Si](C)(C)C(C)(C)C)n1. The molecule has 4 nitrogen and oxygen atoms in total. The van der Waals surface area contributed by atoms with Crippen molar-refractivity contribution in [3.8, 4) is 5.88 Å². The van der Waals surface area contributed by atoms with E-state index in [1.54, 1.807) is 6.20 Å². The molecule has 0 bridgehead atoms. The van der Waals surface area contributed by atoms with Crippen molar-refractivity contribution in [2.75, 3.05) is 6.61 Å². The van der Waals surface area contributed by atoms with Crippen LogP contribution in [0.4, 0.5) is 0 Å². The molecule has 0 saturated carbocycles. The molecule has 1 heterocycles. The number of hydrogen-bond donors (Lipinski definition) is 0. The summed E-state index contributed by atoms with van der Waals surface area (Å²) in [6.07, 6.45) is 4.77. The van der Waals surface area contributed by atoms with Crippen LogP contribution in [0, 0.1) is 6.92 Å². The number of rotatable bonds is 8. The molecule has 1 aromatic heterocycles. The molecule has 0 spiro atoms. The highest BCUT2D eigenvalue weighted by atomic mass is 35.5. The average molecular weight is 359 g/mol. The molecule has 1 unspecified atom stereocenters. The van der Waals surface area contributed by atoms with Gasteiger partial charge in [0, 0.05) is 6.61 Å². The monoisotopic (exact) mass is 358 g/mol. The van der Waals surface area contributed by atoms with E-state index in [0.29, 0.717) is 11.0 Å². The van der Waals surface area contributed by atoms with Crippen LogP contribution in [0.3, 0.4) is 0 Å². The van der Waals surface area contributed by atoms with Crippen LogP contribution in [0.2, 0.25) is 23.3 Å². The van der Waals surface area contributed by atoms with Crippen LogP contribution in [0.1, 0.15) is 52.7 Å². The third kappa shape index (κ3) is 6.77. The number of ether oxygens (including phenoxy) is 1. The van der Waals surface area contributed by atoms with Crippen LogP contribution in [-0.2, 0) is 4.43 Å². The zero-order valence-corrected chi connectivity index (χ0v) is 17.3. The van der Waals surface area contributed by atoms with Crippen molar-refractivity contribution in [2.24, 2.45) is 0 Å². The Bertz CT molecular complexity index is 504. The van der Waals surface area contributed by atoms with Crippen LogP contribution >= 0.6 is 11.6 Å². The number of nitrogens with zero attached hydrogens (tertiary/aromatic N) is 2. The molecule has 6 heteroatoms. The minimum Gasteiger partial charge on any atom is -0.472 e. The molecule has 0 fully saturated rings. The lowest BCUT2D eigenvalue weighted by Crippen LogP contribution is -2.40. The van der Waals surface area contributed by atoms with Crippen molar-refractivity contribution in [1.82, 2.24) is 9.97 Å². The fourth-order valence-corrected chi connectivity index (χ4v) is 3.07. The van der Waals surface area contributed by atoms with Gasteiger partial charge in [-0.2, -0.15) is 0 Å². The van der Waals surface area contributed by atoms with Crippen LogP contribution in [0.25, 0.3) is 0 Å². The number of hydrogen-bond acceptors (Lipinski definition) is 4. The van der Waals surface area contributed by atoms with E-state index in [1.165, 1.54) is 0 Å². The van der Waals surface area contributed by atoms with Gasteiger partial charge in [-0.15, -0.1) is 0 Å². The van der Waals surface area contributed by atoms with Crippen molar-refractivity contribution in [2.45, 2.75) is 78.1 Å². The molecule has 132 valence electrons. The lowest BCUT2D eigenvalue weighted by atomic mass is 10.2. The van der Waals surface area contributed by atoms with Crippen LogP contribution < -0.4 is 4.74 Å². The Morgan fingerprint density at radius 3 is 2.52 bits per heavy atom. The van der Waals surface area contributed by atoms with Gasteiger partial charge in [-0.05, 0) is 51.2 Å². The van der Waals surface area contributed by atoms with Crippen molar-refractivity contribution < 1.29 is 9.16 Å². The second-order valence-electron chi connectivity index (χ2n) is 7.64. The van der Waals surface area contributed by atoms with Gasteiger partial charge >= 0.3 is 0 Å². The maximum Gasteiger partial charge on any atom is 0.252 e. The Morgan fingerprint density at radius 1 is 1.26 bits per heavy atom. The summed E-state index contributed by atoms with van der Waals surface area (Å²) in [6.45, 7) is 16.1. The van der Waals surface area contributed by atoms with E-state index >= 15 is 0 Å². The number of unbranched alkanes of at least 4 members (excludes halogenated alkanes) is 1. The lowest BCUT2D eigenvalue weighted by molar-refractivity contribution is 0.191. The van der Waals surface area contributed by atoms with E-state index in [1.807, 2.05) is 13.8 Å². The van der Waals surface area contributed by atoms with Gasteiger partial charge < -0.3 is 9.16 Å². The summed E-state index contributed by atoms with van der Waals surface area (Å²) in [6, 6.07) is 0. The summed E-state index contributed by atoms with van der Waals surface area (Å²) in [5.74, 6) is 0.427. The normalized spacial score (nSPS) is 13.9. The first-order valence-corrected chi connectivity index (χ1v) is 11.6. The van der Waals surface area contributed by atoms with Gasteiger partial charge in [-0.1, -0.05) is 32.4 Å². The molecule has 0 saturated heterocycles. The third-order valence-electron chi connectivity index (χ3n) is 4.41. The van der Waals surface area contributed by atoms with E-state index in [2.05, 4.69) is 43.8 Å². The zero-order valence-electron chi connectivity index (χ0n) is 15.6. The van der Waals surface area contributed by atoms with Crippen molar-refractivity contribution in [3.63, 3.8) is 0 Å². The summed E-state index contributed by atoms with van der Waals surface area (Å²) in [5, 5.41) is 0.591. The quantitative estimate of drug-likeness (QED) is 0.461. The van der Waals surface area contributed by atoms with E-state index in [4.69, 9.17) is 20.8 Å². The molecule has 0 aliphatic rings. The van der Waals surface area contributed by atoms with Crippen molar-refractivity contribution >= 4 is 19.9 Å². The summed E-state index contributed by atoms with van der Waals surface area (Å²) in [4.78, 5) is 8.33. The summed E-state index contributed by atoms with van der Waals surface area (Å²) in [5.41, 5.74) is 0.805. The fraction of sp³-hybridized carbons (Fsp3) is 0.765. The number of halogens is 1. The molecular weight excluding hydrogens is 328 g/mol. The van der Waals surface area contributed by atoms with Gasteiger partial charge in [0.1, 0.15) is 0 Å². The Balaban J connectivity index is 2.30. The van der Waals surface area contributed by atoms with Gasteiger partial charge in [0.15, 0.2) is 13.5 Å². The van der Waals surface area contributed by atoms with E-state index in [9.17, 15) is 0 Å². The van der Waals surface area contributed by atoms with Crippen LogP contribution in [-0.4, -0.2) is 31.0 Å². The van der Waals surface area contributed by atoms with Crippen molar-refractivity contribution in [3.05, 3.63) is 17.0 Å². The van der Waals surface area contributed by atoms with Crippen molar-refractivity contribution in [1.29, 1.82) is 0 Å². The van der Waals surface area contributed by atoms with Gasteiger partial charge in [0.2, 0.25) is 0 Å². The first-order valence-electron chi connectivity index (χ1n) is 8.32. The first kappa shape index (κ1) is 20.4. The molecule has 0 aliphatic carbocycles. The van der Waals surface area contributed by atoms with Gasteiger partial charge in [0.05, 0.1) is 18.0 Å². The second-order valence-corrected chi connectivity index (χ2v) is 12.8. The number of aryl methyl sites for hydroxylation is 1. The average Bonchev–Trinajstić information content (AvgIpc) is 2.41.